The zero-order valence-electron chi connectivity index (χ0n) is 22.9. The molecule has 0 aliphatic heterocycles. The third-order valence-corrected chi connectivity index (χ3v) is 9.75. The summed E-state index contributed by atoms with van der Waals surface area (Å²) in [5.41, 5.74) is 1.96. The van der Waals surface area contributed by atoms with Crippen LogP contribution in [0, 0.1) is 23.2 Å². The summed E-state index contributed by atoms with van der Waals surface area (Å²) in [6, 6.07) is 19.4. The number of hydrogen-bond acceptors (Lipinski definition) is 4. The van der Waals surface area contributed by atoms with E-state index in [9.17, 15) is 19.5 Å². The molecule has 0 saturated heterocycles. The Balaban J connectivity index is 0.966. The van der Waals surface area contributed by atoms with E-state index in [-0.39, 0.29) is 42.8 Å². The standard InChI is InChI=1S/C33H32Cl2N2O5/c34-26-2-1-3-27(35)28(26)20-4-6-21(7-5-20)30(38)36-12-13-37-31(39)22-8-10-25(11-9-22)42-29-23-14-19-15-24(29)18-33(16-19,17-23)32(40)41/h1-11,19,23-24,29H,12-18H2,(H,36,38)(H,37,39)(H,40,41). The van der Waals surface area contributed by atoms with Crippen LogP contribution in [0.3, 0.4) is 0 Å². The van der Waals surface area contributed by atoms with Gasteiger partial charge in [0.05, 0.1) is 5.41 Å². The molecule has 0 radical (unpaired) electrons. The van der Waals surface area contributed by atoms with Gasteiger partial charge in [0.1, 0.15) is 11.9 Å². The van der Waals surface area contributed by atoms with Gasteiger partial charge in [0.15, 0.2) is 0 Å². The molecule has 0 heterocycles. The molecule has 9 heteroatoms. The van der Waals surface area contributed by atoms with Crippen LogP contribution in [-0.2, 0) is 4.79 Å². The van der Waals surface area contributed by atoms with Crippen LogP contribution in [0.2, 0.25) is 10.0 Å². The molecule has 4 fully saturated rings. The second-order valence-corrected chi connectivity index (χ2v) is 12.7. The molecule has 4 aliphatic carbocycles. The number of halogens is 2. The van der Waals surface area contributed by atoms with Crippen molar-refractivity contribution in [2.24, 2.45) is 23.2 Å². The summed E-state index contributed by atoms with van der Waals surface area (Å²) in [7, 11) is 0. The predicted octanol–water partition coefficient (Wildman–Crippen LogP) is 6.48. The van der Waals surface area contributed by atoms with E-state index >= 15 is 0 Å². The van der Waals surface area contributed by atoms with Crippen LogP contribution in [0.15, 0.2) is 66.7 Å². The SMILES string of the molecule is O=C(NCCNC(=O)c1ccc(-c2c(Cl)cccc2Cl)cc1)c1ccc(OC2C3CC4CC2CC(C(=O)O)(C4)C3)cc1. The molecule has 3 aromatic carbocycles. The lowest BCUT2D eigenvalue weighted by Gasteiger charge is -2.57. The normalized spacial score (nSPS) is 25.6. The molecule has 7 rings (SSSR count). The third-order valence-electron chi connectivity index (χ3n) is 9.12. The van der Waals surface area contributed by atoms with Gasteiger partial charge in [-0.15, -0.1) is 0 Å². The number of carboxylic acids is 1. The summed E-state index contributed by atoms with van der Waals surface area (Å²) >= 11 is 12.6. The molecular formula is C33H32Cl2N2O5. The minimum Gasteiger partial charge on any atom is -0.490 e. The number of carbonyl (C=O) groups is 3. The van der Waals surface area contributed by atoms with Crippen molar-refractivity contribution in [3.63, 3.8) is 0 Å². The number of nitrogens with one attached hydrogen (secondary N) is 2. The van der Waals surface area contributed by atoms with E-state index in [2.05, 4.69) is 10.6 Å². The molecule has 4 bridgehead atoms. The fourth-order valence-corrected chi connectivity index (χ4v) is 8.01. The van der Waals surface area contributed by atoms with Gasteiger partial charge in [0, 0.05) is 39.8 Å². The van der Waals surface area contributed by atoms with Crippen LogP contribution in [0.1, 0.15) is 52.8 Å². The Labute approximate surface area is 254 Å². The Morgan fingerprint density at radius 1 is 0.786 bits per heavy atom. The molecule has 42 heavy (non-hydrogen) atoms. The van der Waals surface area contributed by atoms with Crippen LogP contribution < -0.4 is 15.4 Å². The lowest BCUT2D eigenvalue weighted by molar-refractivity contribution is -0.175. The highest BCUT2D eigenvalue weighted by atomic mass is 35.5. The number of carboxylic acid groups (broad SMARTS) is 1. The second kappa shape index (κ2) is 11.6. The molecule has 4 saturated carbocycles. The summed E-state index contributed by atoms with van der Waals surface area (Å²) in [6.45, 7) is 0.543. The molecule has 2 unspecified atom stereocenters. The van der Waals surface area contributed by atoms with Crippen molar-refractivity contribution in [2.75, 3.05) is 13.1 Å². The van der Waals surface area contributed by atoms with Crippen LogP contribution >= 0.6 is 23.2 Å². The fraction of sp³-hybridized carbons (Fsp3) is 0.364. The van der Waals surface area contributed by atoms with E-state index in [4.69, 9.17) is 27.9 Å². The fourth-order valence-electron chi connectivity index (χ4n) is 7.39. The molecule has 2 amide bonds. The third kappa shape index (κ3) is 5.60. The Hall–Kier alpha value is -3.55. The van der Waals surface area contributed by atoms with Crippen LogP contribution in [0.5, 0.6) is 5.75 Å². The first-order chi connectivity index (χ1) is 20.2. The largest absolute Gasteiger partial charge is 0.490 e. The highest BCUT2D eigenvalue weighted by Gasteiger charge is 2.59. The number of carbonyl (C=O) groups excluding carboxylic acids is 2. The smallest absolute Gasteiger partial charge is 0.309 e. The van der Waals surface area contributed by atoms with Crippen molar-refractivity contribution < 1.29 is 24.2 Å². The van der Waals surface area contributed by atoms with Crippen molar-refractivity contribution in [1.82, 2.24) is 10.6 Å². The van der Waals surface area contributed by atoms with Gasteiger partial charge >= 0.3 is 5.97 Å². The lowest BCUT2D eigenvalue weighted by atomic mass is 9.48. The number of aliphatic carboxylic acids is 1. The van der Waals surface area contributed by atoms with Gasteiger partial charge in [-0.3, -0.25) is 14.4 Å². The number of ether oxygens (including phenoxy) is 1. The van der Waals surface area contributed by atoms with Gasteiger partial charge in [-0.2, -0.15) is 0 Å². The topological polar surface area (TPSA) is 105 Å². The number of amides is 2. The molecule has 3 aromatic rings. The summed E-state index contributed by atoms with van der Waals surface area (Å²) in [5, 5.41) is 16.6. The van der Waals surface area contributed by atoms with Crippen LogP contribution in [-0.4, -0.2) is 42.1 Å². The molecule has 218 valence electrons. The quantitative estimate of drug-likeness (QED) is 0.242. The maximum atomic E-state index is 12.6. The zero-order valence-corrected chi connectivity index (χ0v) is 24.5. The van der Waals surface area contributed by atoms with E-state index in [1.165, 1.54) is 0 Å². The minimum absolute atomic E-state index is 0.0301. The van der Waals surface area contributed by atoms with Crippen molar-refractivity contribution in [2.45, 2.75) is 38.2 Å². The minimum atomic E-state index is -0.649. The van der Waals surface area contributed by atoms with E-state index in [1.54, 1.807) is 66.7 Å². The average Bonchev–Trinajstić information content (AvgIpc) is 2.97. The van der Waals surface area contributed by atoms with E-state index in [1.807, 2.05) is 0 Å². The molecule has 7 nitrogen and oxygen atoms in total. The monoisotopic (exact) mass is 606 g/mol. The first-order valence-electron chi connectivity index (χ1n) is 14.3. The molecule has 2 atom stereocenters. The molecule has 3 N–H and O–H groups in total. The number of benzene rings is 3. The Morgan fingerprint density at radius 3 is 1.83 bits per heavy atom. The molecule has 0 spiro atoms. The first kappa shape index (κ1) is 28.6. The Kier molecular flexibility index (Phi) is 7.90. The summed E-state index contributed by atoms with van der Waals surface area (Å²) in [4.78, 5) is 37.2. The van der Waals surface area contributed by atoms with Crippen molar-refractivity contribution in [3.8, 4) is 16.9 Å². The van der Waals surface area contributed by atoms with Crippen LogP contribution in [0.4, 0.5) is 0 Å². The Bertz CT molecular complexity index is 1470. The Morgan fingerprint density at radius 2 is 1.31 bits per heavy atom. The van der Waals surface area contributed by atoms with Gasteiger partial charge in [0.2, 0.25) is 0 Å². The average molecular weight is 608 g/mol. The van der Waals surface area contributed by atoms with Crippen molar-refractivity contribution in [1.29, 1.82) is 0 Å². The van der Waals surface area contributed by atoms with E-state index < -0.39 is 11.4 Å². The molecule has 4 aliphatic rings. The van der Waals surface area contributed by atoms with Gasteiger partial charge in [0.25, 0.3) is 11.8 Å². The second-order valence-electron chi connectivity index (χ2n) is 11.8. The van der Waals surface area contributed by atoms with Gasteiger partial charge in [-0.05, 0) is 104 Å². The summed E-state index contributed by atoms with van der Waals surface area (Å²) in [5.74, 6) is 0.589. The predicted molar refractivity (Wildman–Crippen MR) is 161 cm³/mol. The summed E-state index contributed by atoms with van der Waals surface area (Å²) < 4.78 is 6.38. The highest BCUT2D eigenvalue weighted by molar-refractivity contribution is 6.39. The maximum Gasteiger partial charge on any atom is 0.309 e. The first-order valence-corrected chi connectivity index (χ1v) is 15.1. The van der Waals surface area contributed by atoms with E-state index in [0.29, 0.717) is 45.7 Å². The zero-order chi connectivity index (χ0) is 29.4. The van der Waals surface area contributed by atoms with Gasteiger partial charge in [-0.25, -0.2) is 0 Å². The maximum absolute atomic E-state index is 12.6. The van der Waals surface area contributed by atoms with Gasteiger partial charge < -0.3 is 20.5 Å². The number of rotatable bonds is 9. The lowest BCUT2D eigenvalue weighted by Crippen LogP contribution is -2.57. The van der Waals surface area contributed by atoms with E-state index in [0.717, 1.165) is 30.4 Å². The molecular weight excluding hydrogens is 575 g/mol. The van der Waals surface area contributed by atoms with Crippen LogP contribution in [0.25, 0.3) is 11.1 Å². The van der Waals surface area contributed by atoms with Gasteiger partial charge in [-0.1, -0.05) is 41.4 Å². The highest BCUT2D eigenvalue weighted by Crippen LogP contribution is 2.60. The van der Waals surface area contributed by atoms with Crippen molar-refractivity contribution in [3.05, 3.63) is 87.9 Å². The number of hydrogen-bond donors (Lipinski definition) is 3. The van der Waals surface area contributed by atoms with Crippen molar-refractivity contribution >= 4 is 41.0 Å². The summed E-state index contributed by atoms with van der Waals surface area (Å²) in [6.07, 6.45) is 4.30. The molecule has 0 aromatic heterocycles.